The largest absolute Gasteiger partial charge is 0.445 e. The van der Waals surface area contributed by atoms with Crippen LogP contribution in [0.15, 0.2) is 108 Å². The Morgan fingerprint density at radius 1 is 0.833 bits per heavy atom. The molecular formula is C35H31N7O6. The molecule has 0 saturated heterocycles. The van der Waals surface area contributed by atoms with Gasteiger partial charge in [-0.1, -0.05) is 72.8 Å². The number of ether oxygens (including phenoxy) is 1. The molecule has 0 atom stereocenters. The summed E-state index contributed by atoms with van der Waals surface area (Å²) in [5.41, 5.74) is 1.55. The molecule has 3 heterocycles. The molecule has 6 rings (SSSR count). The predicted octanol–water partition coefficient (Wildman–Crippen LogP) is 5.72. The Morgan fingerprint density at radius 2 is 1.52 bits per heavy atom. The van der Waals surface area contributed by atoms with E-state index in [1.54, 1.807) is 43.4 Å². The number of aromatic nitrogens is 4. The molecule has 0 saturated carbocycles. The van der Waals surface area contributed by atoms with Crippen molar-refractivity contribution in [3.8, 4) is 0 Å². The van der Waals surface area contributed by atoms with Gasteiger partial charge in [-0.25, -0.2) is 4.79 Å². The van der Waals surface area contributed by atoms with Crippen molar-refractivity contribution in [1.82, 2.24) is 24.9 Å². The molecular weight excluding hydrogens is 614 g/mol. The van der Waals surface area contributed by atoms with Crippen molar-refractivity contribution in [3.63, 3.8) is 0 Å². The van der Waals surface area contributed by atoms with Gasteiger partial charge < -0.3 is 25.1 Å². The summed E-state index contributed by atoms with van der Waals surface area (Å²) in [4.78, 5) is 53.2. The van der Waals surface area contributed by atoms with Crippen LogP contribution in [0.5, 0.6) is 0 Å². The van der Waals surface area contributed by atoms with Gasteiger partial charge in [0.15, 0.2) is 17.2 Å². The van der Waals surface area contributed by atoms with E-state index in [-0.39, 0.29) is 46.2 Å². The van der Waals surface area contributed by atoms with Gasteiger partial charge in [0.25, 0.3) is 17.7 Å². The fourth-order valence-corrected chi connectivity index (χ4v) is 5.04. The van der Waals surface area contributed by atoms with Crippen LogP contribution in [0.3, 0.4) is 0 Å². The summed E-state index contributed by atoms with van der Waals surface area (Å²) in [5, 5.41) is 16.6. The van der Waals surface area contributed by atoms with E-state index < -0.39 is 29.4 Å². The molecule has 3 aromatic heterocycles. The molecule has 0 unspecified atom stereocenters. The van der Waals surface area contributed by atoms with Gasteiger partial charge in [0.2, 0.25) is 0 Å². The third kappa shape index (κ3) is 6.56. The van der Waals surface area contributed by atoms with Crippen molar-refractivity contribution in [2.45, 2.75) is 26.0 Å². The van der Waals surface area contributed by atoms with Gasteiger partial charge in [-0.15, -0.1) is 5.10 Å². The average Bonchev–Trinajstić information content (AvgIpc) is 3.81. The summed E-state index contributed by atoms with van der Waals surface area (Å²) in [6.07, 6.45) is 0.631. The highest BCUT2D eigenvalue weighted by Crippen LogP contribution is 2.29. The smallest absolute Gasteiger partial charge is 0.435 e. The number of aryl methyl sites for hydroxylation is 1. The van der Waals surface area contributed by atoms with Gasteiger partial charge in [-0.3, -0.25) is 19.1 Å². The van der Waals surface area contributed by atoms with E-state index in [1.807, 2.05) is 62.4 Å². The third-order valence-corrected chi connectivity index (χ3v) is 7.58. The zero-order valence-electron chi connectivity index (χ0n) is 26.3. The highest BCUT2D eigenvalue weighted by atomic mass is 16.6. The maximum atomic E-state index is 13.6. The topological polar surface area (TPSA) is 162 Å². The Hall–Kier alpha value is -6.50. The fraction of sp³-hybridized carbons (Fsp3) is 0.143. The lowest BCUT2D eigenvalue weighted by molar-refractivity contribution is 0.0884. The molecule has 0 bridgehead atoms. The molecule has 13 heteroatoms. The monoisotopic (exact) mass is 645 g/mol. The van der Waals surface area contributed by atoms with Crippen LogP contribution < -0.4 is 16.0 Å². The number of amides is 3. The molecule has 3 aromatic carbocycles. The minimum Gasteiger partial charge on any atom is -0.445 e. The fourth-order valence-electron chi connectivity index (χ4n) is 5.04. The Morgan fingerprint density at radius 3 is 2.23 bits per heavy atom. The van der Waals surface area contributed by atoms with Crippen molar-refractivity contribution in [2.24, 2.45) is 7.05 Å². The second-order valence-corrected chi connectivity index (χ2v) is 11.4. The summed E-state index contributed by atoms with van der Waals surface area (Å²) < 4.78 is 13.8. The number of benzene rings is 3. The van der Waals surface area contributed by atoms with Crippen LogP contribution in [-0.4, -0.2) is 43.4 Å². The normalized spacial score (nSPS) is 11.2. The first-order chi connectivity index (χ1) is 23.1. The molecule has 0 aliphatic carbocycles. The SMILES string of the molecule is Cn1nccc1C(=O)Nc1ccccc1C(=O)Nc1nn(C(=O)OCc2ccccc2)c2cc(C(=O)NC(C)(C)c3ccccc3)oc12. The van der Waals surface area contributed by atoms with Crippen molar-refractivity contribution < 1.29 is 28.3 Å². The standard InChI is InChI=1S/C35H31N7O6/c1-35(2,23-14-8-5-9-15-23)39-33(45)28-20-27-29(48-28)30(40-42(27)34(46)47-21-22-12-6-4-7-13-22)38-31(43)24-16-10-11-17-25(24)37-32(44)26-18-19-36-41(26)3/h4-20H,21H2,1-3H3,(H,37,44)(H,39,45)(H,38,40,43). The summed E-state index contributed by atoms with van der Waals surface area (Å²) in [6.45, 7) is 3.66. The number of hydrogen-bond donors (Lipinski definition) is 3. The van der Waals surface area contributed by atoms with E-state index in [0.717, 1.165) is 15.8 Å². The van der Waals surface area contributed by atoms with E-state index in [2.05, 4.69) is 26.1 Å². The highest BCUT2D eigenvalue weighted by Gasteiger charge is 2.29. The Balaban J connectivity index is 1.30. The minimum absolute atomic E-state index is 0.0286. The Bertz CT molecular complexity index is 2130. The molecule has 3 N–H and O–H groups in total. The maximum absolute atomic E-state index is 13.6. The molecule has 0 aliphatic heterocycles. The van der Waals surface area contributed by atoms with E-state index >= 15 is 0 Å². The van der Waals surface area contributed by atoms with Crippen molar-refractivity contribution in [1.29, 1.82) is 0 Å². The van der Waals surface area contributed by atoms with Crippen LogP contribution >= 0.6 is 0 Å². The number of nitrogens with zero attached hydrogens (tertiary/aromatic N) is 4. The quantitative estimate of drug-likeness (QED) is 0.180. The van der Waals surface area contributed by atoms with Crippen LogP contribution in [0.25, 0.3) is 11.1 Å². The van der Waals surface area contributed by atoms with Crippen LogP contribution in [0.1, 0.15) is 56.4 Å². The number of hydrogen-bond acceptors (Lipinski definition) is 8. The Labute approximate surface area is 274 Å². The van der Waals surface area contributed by atoms with Gasteiger partial charge >= 0.3 is 6.09 Å². The van der Waals surface area contributed by atoms with Gasteiger partial charge in [0.05, 0.1) is 16.8 Å². The molecule has 6 aromatic rings. The second kappa shape index (κ2) is 13.1. The van der Waals surface area contributed by atoms with Crippen LogP contribution in [0.2, 0.25) is 0 Å². The number of carbonyl (C=O) groups excluding carboxylic acids is 4. The average molecular weight is 646 g/mol. The molecule has 0 radical (unpaired) electrons. The molecule has 3 amide bonds. The maximum Gasteiger partial charge on any atom is 0.435 e. The number of nitrogens with one attached hydrogen (secondary N) is 3. The van der Waals surface area contributed by atoms with Crippen LogP contribution in [0.4, 0.5) is 16.3 Å². The molecule has 242 valence electrons. The number of anilines is 2. The first-order valence-corrected chi connectivity index (χ1v) is 14.9. The van der Waals surface area contributed by atoms with Crippen molar-refractivity contribution in [2.75, 3.05) is 10.6 Å². The first-order valence-electron chi connectivity index (χ1n) is 14.9. The summed E-state index contributed by atoms with van der Waals surface area (Å²) >= 11 is 0. The zero-order chi connectivity index (χ0) is 33.8. The number of para-hydroxylation sites is 1. The molecule has 48 heavy (non-hydrogen) atoms. The minimum atomic E-state index is -0.856. The third-order valence-electron chi connectivity index (χ3n) is 7.58. The van der Waals surface area contributed by atoms with Gasteiger partial charge in [-0.2, -0.15) is 9.78 Å². The number of carbonyl (C=O) groups is 4. The Kier molecular flexibility index (Phi) is 8.58. The molecule has 0 aliphatic rings. The first kappa shape index (κ1) is 31.5. The van der Waals surface area contributed by atoms with Crippen molar-refractivity contribution >= 4 is 46.4 Å². The summed E-state index contributed by atoms with van der Waals surface area (Å²) in [5.74, 6) is -1.93. The number of fused-ring (bicyclic) bond motifs is 1. The zero-order valence-corrected chi connectivity index (χ0v) is 26.3. The second-order valence-electron chi connectivity index (χ2n) is 11.4. The van der Waals surface area contributed by atoms with E-state index in [9.17, 15) is 19.2 Å². The number of rotatable bonds is 9. The molecule has 0 spiro atoms. The van der Waals surface area contributed by atoms with Crippen molar-refractivity contribution in [3.05, 3.63) is 131 Å². The summed E-state index contributed by atoms with van der Waals surface area (Å²) in [7, 11) is 1.63. The molecule has 0 fully saturated rings. The van der Waals surface area contributed by atoms with Gasteiger partial charge in [0, 0.05) is 19.3 Å². The summed E-state index contributed by atoms with van der Waals surface area (Å²) in [6, 6.07) is 27.8. The predicted molar refractivity (Wildman–Crippen MR) is 177 cm³/mol. The lowest BCUT2D eigenvalue weighted by Crippen LogP contribution is -2.40. The molecule has 13 nitrogen and oxygen atoms in total. The van der Waals surface area contributed by atoms with E-state index in [4.69, 9.17) is 9.15 Å². The number of furan rings is 1. The van der Waals surface area contributed by atoms with E-state index in [1.165, 1.54) is 23.0 Å². The van der Waals surface area contributed by atoms with Gasteiger partial charge in [-0.05, 0) is 43.2 Å². The van der Waals surface area contributed by atoms with E-state index in [0.29, 0.717) is 0 Å². The highest BCUT2D eigenvalue weighted by molar-refractivity contribution is 6.14. The lowest BCUT2D eigenvalue weighted by Gasteiger charge is -2.26. The van der Waals surface area contributed by atoms with Crippen LogP contribution in [-0.2, 0) is 23.9 Å². The van der Waals surface area contributed by atoms with Crippen LogP contribution in [0, 0.1) is 0 Å². The lowest BCUT2D eigenvalue weighted by atomic mass is 9.94. The van der Waals surface area contributed by atoms with Gasteiger partial charge in [0.1, 0.15) is 17.8 Å².